The van der Waals surface area contributed by atoms with Crippen molar-refractivity contribution in [2.75, 3.05) is 19.0 Å². The Bertz CT molecular complexity index is 820. The quantitative estimate of drug-likeness (QED) is 0.604. The minimum absolute atomic E-state index is 0.398. The molecule has 26 heavy (non-hydrogen) atoms. The Morgan fingerprint density at radius 2 is 2.08 bits per heavy atom. The summed E-state index contributed by atoms with van der Waals surface area (Å²) in [6, 6.07) is 8.98. The highest BCUT2D eigenvalue weighted by Gasteiger charge is 2.14. The van der Waals surface area contributed by atoms with E-state index < -0.39 is 5.97 Å². The van der Waals surface area contributed by atoms with E-state index in [9.17, 15) is 4.79 Å². The molecule has 5 heteroatoms. The summed E-state index contributed by atoms with van der Waals surface area (Å²) in [5.41, 5.74) is 3.34. The third-order valence-corrected chi connectivity index (χ3v) is 4.90. The summed E-state index contributed by atoms with van der Waals surface area (Å²) in [4.78, 5) is 19.7. The van der Waals surface area contributed by atoms with E-state index in [-0.39, 0.29) is 0 Å². The highest BCUT2D eigenvalue weighted by molar-refractivity contribution is 5.90. The molecule has 1 fully saturated rings. The van der Waals surface area contributed by atoms with Crippen molar-refractivity contribution in [2.45, 2.75) is 32.1 Å². The number of hydrogen-bond acceptors (Lipinski definition) is 4. The molecule has 1 heterocycles. The monoisotopic (exact) mass is 349 g/mol. The van der Waals surface area contributed by atoms with Crippen molar-refractivity contribution in [3.63, 3.8) is 0 Å². The Morgan fingerprint density at radius 3 is 2.81 bits per heavy atom. The third-order valence-electron chi connectivity index (χ3n) is 4.90. The second-order valence-electron chi connectivity index (χ2n) is 6.65. The lowest BCUT2D eigenvalue weighted by molar-refractivity contribution is 0.0600. The smallest absolute Gasteiger partial charge is 0.337 e. The van der Waals surface area contributed by atoms with Gasteiger partial charge in [-0.2, -0.15) is 0 Å². The molecule has 5 nitrogen and oxygen atoms in total. The lowest BCUT2D eigenvalue weighted by Crippen LogP contribution is -2.17. The van der Waals surface area contributed by atoms with E-state index in [4.69, 9.17) is 11.3 Å². The van der Waals surface area contributed by atoms with E-state index in [2.05, 4.69) is 15.1 Å². The first-order chi connectivity index (χ1) is 12.7. The predicted octanol–water partition coefficient (Wildman–Crippen LogP) is 5.08. The number of nitrogens with zero attached hydrogens (tertiary/aromatic N) is 2. The summed E-state index contributed by atoms with van der Waals surface area (Å²) >= 11 is 0. The van der Waals surface area contributed by atoms with E-state index in [0.29, 0.717) is 22.9 Å². The average molecular weight is 349 g/mol. The largest absolute Gasteiger partial charge is 0.465 e. The minimum Gasteiger partial charge on any atom is -0.465 e. The maximum absolute atomic E-state index is 11.7. The van der Waals surface area contributed by atoms with Crippen molar-refractivity contribution in [1.29, 1.82) is 0 Å². The van der Waals surface area contributed by atoms with Gasteiger partial charge < -0.3 is 10.1 Å². The van der Waals surface area contributed by atoms with Gasteiger partial charge in [0.2, 0.25) is 5.69 Å². The summed E-state index contributed by atoms with van der Waals surface area (Å²) in [5, 5.41) is 3.44. The van der Waals surface area contributed by atoms with Gasteiger partial charge in [-0.1, -0.05) is 25.3 Å². The highest BCUT2D eigenvalue weighted by Crippen LogP contribution is 2.32. The molecule has 1 aromatic carbocycles. The fourth-order valence-corrected chi connectivity index (χ4v) is 3.41. The summed E-state index contributed by atoms with van der Waals surface area (Å²) in [6.07, 6.45) is 8.07. The summed E-state index contributed by atoms with van der Waals surface area (Å²) in [5.74, 6) is 0.297. The Hall–Kier alpha value is -2.87. The van der Waals surface area contributed by atoms with Crippen LogP contribution in [0.15, 0.2) is 36.5 Å². The Balaban J connectivity index is 1.78. The standard InChI is InChI=1S/C21H23N3O2/c1-22-20-12-16(19-13-17(10-11-23-19)21(25)26-2)8-9-18(20)24-14-15-6-4-3-5-7-15/h8-13,15,24H,3-7,14H2,2H3. The first-order valence-corrected chi connectivity index (χ1v) is 9.01. The SMILES string of the molecule is [C-]#[N+]c1cc(-c2cc(C(=O)OC)ccn2)ccc1NCC1CCCCC1. The number of carbonyl (C=O) groups excluding carboxylic acids is 1. The zero-order valence-corrected chi connectivity index (χ0v) is 15.0. The van der Waals surface area contributed by atoms with Crippen LogP contribution in [0.2, 0.25) is 0 Å². The Morgan fingerprint density at radius 1 is 1.27 bits per heavy atom. The predicted molar refractivity (Wildman–Crippen MR) is 102 cm³/mol. The number of rotatable bonds is 5. The highest BCUT2D eigenvalue weighted by atomic mass is 16.5. The van der Waals surface area contributed by atoms with Crippen LogP contribution in [0.4, 0.5) is 11.4 Å². The molecule has 1 saturated carbocycles. The number of hydrogen-bond donors (Lipinski definition) is 1. The van der Waals surface area contributed by atoms with Crippen molar-refractivity contribution in [1.82, 2.24) is 4.98 Å². The van der Waals surface area contributed by atoms with Gasteiger partial charge in [0.25, 0.3) is 0 Å². The Kier molecular flexibility index (Phi) is 5.85. The first kappa shape index (κ1) is 17.9. The second kappa shape index (κ2) is 8.48. The molecule has 1 aliphatic rings. The van der Waals surface area contributed by atoms with Crippen LogP contribution in [0.5, 0.6) is 0 Å². The molecule has 0 bridgehead atoms. The second-order valence-corrected chi connectivity index (χ2v) is 6.65. The summed E-state index contributed by atoms with van der Waals surface area (Å²) in [6.45, 7) is 8.41. The van der Waals surface area contributed by atoms with Crippen LogP contribution >= 0.6 is 0 Å². The fraction of sp³-hybridized carbons (Fsp3) is 0.381. The van der Waals surface area contributed by atoms with E-state index in [1.165, 1.54) is 39.2 Å². The molecule has 2 aromatic rings. The van der Waals surface area contributed by atoms with Gasteiger partial charge in [-0.3, -0.25) is 4.98 Å². The lowest BCUT2D eigenvalue weighted by atomic mass is 9.89. The van der Waals surface area contributed by atoms with Crippen molar-refractivity contribution in [3.8, 4) is 11.3 Å². The molecule has 0 radical (unpaired) electrons. The van der Waals surface area contributed by atoms with Crippen molar-refractivity contribution >= 4 is 17.3 Å². The molecule has 0 spiro atoms. The maximum atomic E-state index is 11.7. The van der Waals surface area contributed by atoms with Gasteiger partial charge in [0.1, 0.15) is 0 Å². The summed E-state index contributed by atoms with van der Waals surface area (Å²) < 4.78 is 4.76. The van der Waals surface area contributed by atoms with Crippen molar-refractivity contribution in [2.24, 2.45) is 5.92 Å². The topological polar surface area (TPSA) is 55.6 Å². The van der Waals surface area contributed by atoms with E-state index >= 15 is 0 Å². The van der Waals surface area contributed by atoms with Gasteiger partial charge in [-0.05, 0) is 48.6 Å². The zero-order valence-electron chi connectivity index (χ0n) is 15.0. The molecule has 1 aliphatic carbocycles. The van der Waals surface area contributed by atoms with Crippen molar-refractivity contribution in [3.05, 3.63) is 53.5 Å². The van der Waals surface area contributed by atoms with E-state index in [0.717, 1.165) is 17.8 Å². The van der Waals surface area contributed by atoms with Crippen LogP contribution in [-0.2, 0) is 4.74 Å². The molecular weight excluding hydrogens is 326 g/mol. The number of nitrogens with one attached hydrogen (secondary N) is 1. The van der Waals surface area contributed by atoms with Gasteiger partial charge in [-0.15, -0.1) is 0 Å². The van der Waals surface area contributed by atoms with E-state index in [1.807, 2.05) is 18.2 Å². The van der Waals surface area contributed by atoms with Crippen LogP contribution in [0, 0.1) is 12.5 Å². The molecular formula is C21H23N3O2. The molecule has 1 aromatic heterocycles. The maximum Gasteiger partial charge on any atom is 0.337 e. The van der Waals surface area contributed by atoms with Gasteiger partial charge in [-0.25, -0.2) is 9.64 Å². The van der Waals surface area contributed by atoms with Gasteiger partial charge in [0, 0.05) is 18.4 Å². The molecule has 3 rings (SSSR count). The number of esters is 1. The number of carbonyl (C=O) groups is 1. The average Bonchev–Trinajstić information content (AvgIpc) is 2.72. The third kappa shape index (κ3) is 4.20. The van der Waals surface area contributed by atoms with Crippen LogP contribution < -0.4 is 5.32 Å². The van der Waals surface area contributed by atoms with Crippen LogP contribution in [0.25, 0.3) is 16.1 Å². The number of benzene rings is 1. The van der Waals surface area contributed by atoms with Gasteiger partial charge >= 0.3 is 5.97 Å². The molecule has 0 atom stereocenters. The lowest BCUT2D eigenvalue weighted by Gasteiger charge is -2.22. The van der Waals surface area contributed by atoms with E-state index in [1.54, 1.807) is 18.3 Å². The molecule has 1 N–H and O–H groups in total. The van der Waals surface area contributed by atoms with Crippen LogP contribution in [-0.4, -0.2) is 24.6 Å². The molecule has 0 aliphatic heterocycles. The Labute approximate surface area is 154 Å². The van der Waals surface area contributed by atoms with Gasteiger partial charge in [0.05, 0.1) is 24.9 Å². The summed E-state index contributed by atoms with van der Waals surface area (Å²) in [7, 11) is 1.35. The normalized spacial score (nSPS) is 14.5. The zero-order chi connectivity index (χ0) is 18.4. The van der Waals surface area contributed by atoms with Crippen LogP contribution in [0.3, 0.4) is 0 Å². The number of aromatic nitrogens is 1. The molecule has 0 amide bonds. The van der Waals surface area contributed by atoms with Crippen molar-refractivity contribution < 1.29 is 9.53 Å². The molecule has 134 valence electrons. The fourth-order valence-electron chi connectivity index (χ4n) is 3.41. The number of pyridine rings is 1. The molecule has 0 unspecified atom stereocenters. The van der Waals surface area contributed by atoms with Gasteiger partial charge in [0.15, 0.2) is 0 Å². The number of ether oxygens (including phenoxy) is 1. The van der Waals surface area contributed by atoms with Crippen LogP contribution in [0.1, 0.15) is 42.5 Å². The first-order valence-electron chi connectivity index (χ1n) is 9.01. The molecule has 0 saturated heterocycles. The minimum atomic E-state index is -0.398. The number of methoxy groups -OCH3 is 1. The number of anilines is 1.